The van der Waals surface area contributed by atoms with E-state index in [2.05, 4.69) is 35.6 Å². The lowest BCUT2D eigenvalue weighted by Gasteiger charge is -2.28. The Bertz CT molecular complexity index is 781. The third-order valence-corrected chi connectivity index (χ3v) is 6.56. The number of anilines is 1. The number of piperidine rings is 1. The highest BCUT2D eigenvalue weighted by molar-refractivity contribution is 9.10. The van der Waals surface area contributed by atoms with Gasteiger partial charge < -0.3 is 4.90 Å². The lowest BCUT2D eigenvalue weighted by atomic mass is 10.1. The van der Waals surface area contributed by atoms with Gasteiger partial charge in [-0.15, -0.1) is 10.2 Å². The van der Waals surface area contributed by atoms with Crippen LogP contribution in [-0.4, -0.2) is 38.9 Å². The molecular weight excluding hydrogens is 412 g/mol. The first-order chi connectivity index (χ1) is 12.6. The maximum Gasteiger partial charge on any atom is 0.228 e. The van der Waals surface area contributed by atoms with E-state index in [1.54, 1.807) is 0 Å². The average Bonchev–Trinajstić information content (AvgIpc) is 3.42. The number of aromatic nitrogens is 3. The molecular formula is C19H23BrN4OS. The third kappa shape index (κ3) is 3.83. The molecule has 2 aromatic rings. The molecule has 138 valence electrons. The van der Waals surface area contributed by atoms with Crippen molar-refractivity contribution in [1.82, 2.24) is 14.8 Å². The fraction of sp³-hybridized carbons (Fsp3) is 0.526. The van der Waals surface area contributed by atoms with Crippen LogP contribution >= 0.6 is 27.7 Å². The van der Waals surface area contributed by atoms with Crippen LogP contribution in [0.5, 0.6) is 0 Å². The van der Waals surface area contributed by atoms with E-state index in [1.165, 1.54) is 43.9 Å². The second-order valence-corrected chi connectivity index (χ2v) is 9.29. The van der Waals surface area contributed by atoms with Gasteiger partial charge in [0.15, 0.2) is 10.9 Å². The number of rotatable bonds is 6. The molecule has 2 fully saturated rings. The predicted octanol–water partition coefficient (Wildman–Crippen LogP) is 4.73. The number of nitrogens with zero attached hydrogens (tertiary/aromatic N) is 4. The zero-order valence-corrected chi connectivity index (χ0v) is 17.3. The molecule has 0 N–H and O–H groups in total. The van der Waals surface area contributed by atoms with Crippen molar-refractivity contribution >= 4 is 39.4 Å². The van der Waals surface area contributed by atoms with Crippen molar-refractivity contribution in [3.8, 4) is 0 Å². The number of carbonyl (C=O) groups excluding carboxylic acids is 1. The van der Waals surface area contributed by atoms with E-state index in [1.807, 2.05) is 31.2 Å². The van der Waals surface area contributed by atoms with Crippen LogP contribution in [-0.2, 0) is 0 Å². The second-order valence-electron chi connectivity index (χ2n) is 7.06. The van der Waals surface area contributed by atoms with Gasteiger partial charge in [-0.1, -0.05) is 39.8 Å². The number of halogens is 1. The monoisotopic (exact) mass is 434 g/mol. The number of hydrogen-bond acceptors (Lipinski definition) is 5. The van der Waals surface area contributed by atoms with Gasteiger partial charge in [0.1, 0.15) is 0 Å². The topological polar surface area (TPSA) is 51.0 Å². The van der Waals surface area contributed by atoms with Crippen LogP contribution in [0.1, 0.15) is 55.4 Å². The van der Waals surface area contributed by atoms with Crippen LogP contribution in [0, 0.1) is 0 Å². The van der Waals surface area contributed by atoms with Crippen molar-refractivity contribution in [2.45, 2.75) is 55.5 Å². The zero-order valence-electron chi connectivity index (χ0n) is 14.9. The van der Waals surface area contributed by atoms with Crippen LogP contribution in [0.2, 0.25) is 0 Å². The summed E-state index contributed by atoms with van der Waals surface area (Å²) in [4.78, 5) is 15.1. The van der Waals surface area contributed by atoms with Gasteiger partial charge in [0.2, 0.25) is 5.95 Å². The molecule has 2 aliphatic rings. The van der Waals surface area contributed by atoms with E-state index < -0.39 is 0 Å². The van der Waals surface area contributed by atoms with Gasteiger partial charge >= 0.3 is 0 Å². The van der Waals surface area contributed by atoms with Crippen LogP contribution in [0.4, 0.5) is 5.95 Å². The molecule has 0 spiro atoms. The third-order valence-electron chi connectivity index (χ3n) is 4.98. The first kappa shape index (κ1) is 18.0. The molecule has 1 unspecified atom stereocenters. The molecule has 7 heteroatoms. The molecule has 1 aliphatic carbocycles. The molecule has 1 aromatic heterocycles. The number of ketones is 1. The maximum absolute atomic E-state index is 12.8. The Balaban J connectivity index is 1.53. The first-order valence-electron chi connectivity index (χ1n) is 9.30. The number of Topliss-reactive ketones (excluding diaryl/α,β-unsaturated/α-hetero) is 1. The molecule has 1 atom stereocenters. The van der Waals surface area contributed by atoms with Crippen molar-refractivity contribution < 1.29 is 4.79 Å². The Morgan fingerprint density at radius 2 is 1.85 bits per heavy atom. The molecule has 1 saturated carbocycles. The van der Waals surface area contributed by atoms with Gasteiger partial charge in [0, 0.05) is 29.2 Å². The minimum absolute atomic E-state index is 0.132. The highest BCUT2D eigenvalue weighted by atomic mass is 79.9. The molecule has 5 nitrogen and oxygen atoms in total. The summed E-state index contributed by atoms with van der Waals surface area (Å²) in [6.07, 6.45) is 6.11. The van der Waals surface area contributed by atoms with E-state index in [0.29, 0.717) is 6.04 Å². The Kier molecular flexibility index (Phi) is 5.36. The molecule has 1 aliphatic heterocycles. The van der Waals surface area contributed by atoms with Crippen LogP contribution in [0.25, 0.3) is 0 Å². The van der Waals surface area contributed by atoms with Crippen LogP contribution in [0.15, 0.2) is 33.9 Å². The quantitative estimate of drug-likeness (QED) is 0.485. The van der Waals surface area contributed by atoms with Crippen molar-refractivity contribution in [2.75, 3.05) is 18.0 Å². The van der Waals surface area contributed by atoms with E-state index in [0.717, 1.165) is 34.2 Å². The number of carbonyl (C=O) groups is 1. The highest BCUT2D eigenvalue weighted by Crippen LogP contribution is 2.42. The van der Waals surface area contributed by atoms with Crippen molar-refractivity contribution in [3.05, 3.63) is 34.3 Å². The summed E-state index contributed by atoms with van der Waals surface area (Å²) >= 11 is 4.95. The summed E-state index contributed by atoms with van der Waals surface area (Å²) in [7, 11) is 0. The standard InChI is InChI=1S/C19H23BrN4OS/c1-13(17(25)14-5-7-15(20)8-6-14)26-19-22-21-18(24(19)16-9-10-16)23-11-3-2-4-12-23/h5-8,13,16H,2-4,9-12H2,1H3. The van der Waals surface area contributed by atoms with Crippen molar-refractivity contribution in [3.63, 3.8) is 0 Å². The largest absolute Gasteiger partial charge is 0.341 e. The summed E-state index contributed by atoms with van der Waals surface area (Å²) in [5.41, 5.74) is 0.738. The van der Waals surface area contributed by atoms with Crippen molar-refractivity contribution in [1.29, 1.82) is 0 Å². The normalized spacial score (nSPS) is 18.8. The molecule has 26 heavy (non-hydrogen) atoms. The minimum Gasteiger partial charge on any atom is -0.341 e. The predicted molar refractivity (Wildman–Crippen MR) is 108 cm³/mol. The SMILES string of the molecule is CC(Sc1nnc(N2CCCCC2)n1C1CC1)C(=O)c1ccc(Br)cc1. The Labute approximate surface area is 166 Å². The first-order valence-corrected chi connectivity index (χ1v) is 11.0. The fourth-order valence-corrected chi connectivity index (χ4v) is 4.63. The van der Waals surface area contributed by atoms with E-state index >= 15 is 0 Å². The van der Waals surface area contributed by atoms with Gasteiger partial charge in [-0.05, 0) is 51.2 Å². The minimum atomic E-state index is -0.188. The van der Waals surface area contributed by atoms with Crippen LogP contribution in [0.3, 0.4) is 0 Å². The number of hydrogen-bond donors (Lipinski definition) is 0. The zero-order chi connectivity index (χ0) is 18.1. The fourth-order valence-electron chi connectivity index (χ4n) is 3.37. The number of benzene rings is 1. The smallest absolute Gasteiger partial charge is 0.228 e. The Hall–Kier alpha value is -1.34. The van der Waals surface area contributed by atoms with E-state index in [9.17, 15) is 4.79 Å². The summed E-state index contributed by atoms with van der Waals surface area (Å²) in [5.74, 6) is 1.13. The highest BCUT2D eigenvalue weighted by Gasteiger charge is 2.33. The van der Waals surface area contributed by atoms with E-state index in [-0.39, 0.29) is 11.0 Å². The van der Waals surface area contributed by atoms with Crippen LogP contribution < -0.4 is 4.90 Å². The molecule has 1 aromatic carbocycles. The molecule has 2 heterocycles. The van der Waals surface area contributed by atoms with Gasteiger partial charge in [-0.3, -0.25) is 9.36 Å². The Morgan fingerprint density at radius 3 is 2.50 bits per heavy atom. The number of thioether (sulfide) groups is 1. The lowest BCUT2D eigenvalue weighted by Crippen LogP contribution is -2.32. The molecule has 0 radical (unpaired) electrons. The van der Waals surface area contributed by atoms with Gasteiger partial charge in [0.25, 0.3) is 0 Å². The average molecular weight is 435 g/mol. The van der Waals surface area contributed by atoms with Crippen molar-refractivity contribution in [2.24, 2.45) is 0 Å². The molecule has 4 rings (SSSR count). The summed E-state index contributed by atoms with van der Waals surface area (Å²) in [5, 5.41) is 9.65. The molecule has 0 amide bonds. The molecule has 1 saturated heterocycles. The summed E-state index contributed by atoms with van der Waals surface area (Å²) < 4.78 is 3.26. The molecule has 0 bridgehead atoms. The van der Waals surface area contributed by atoms with E-state index in [4.69, 9.17) is 0 Å². The van der Waals surface area contributed by atoms with Gasteiger partial charge in [0.05, 0.1) is 5.25 Å². The lowest BCUT2D eigenvalue weighted by molar-refractivity contribution is 0.0994. The maximum atomic E-state index is 12.8. The van der Waals surface area contributed by atoms with Gasteiger partial charge in [-0.2, -0.15) is 0 Å². The van der Waals surface area contributed by atoms with Gasteiger partial charge in [-0.25, -0.2) is 0 Å². The summed E-state index contributed by atoms with van der Waals surface area (Å²) in [6.45, 7) is 4.08. The second kappa shape index (κ2) is 7.72. The Morgan fingerprint density at radius 1 is 1.15 bits per heavy atom. The summed E-state index contributed by atoms with van der Waals surface area (Å²) in [6, 6.07) is 8.06.